The maximum Gasteiger partial charge on any atom is 0.191 e. The average molecular weight is 412 g/mol. The highest BCUT2D eigenvalue weighted by molar-refractivity contribution is 5.79. The van der Waals surface area contributed by atoms with E-state index in [2.05, 4.69) is 33.8 Å². The van der Waals surface area contributed by atoms with Crippen LogP contribution in [0.5, 0.6) is 5.75 Å². The van der Waals surface area contributed by atoms with E-state index in [9.17, 15) is 0 Å². The smallest absolute Gasteiger partial charge is 0.191 e. The fourth-order valence-corrected chi connectivity index (χ4v) is 3.37. The van der Waals surface area contributed by atoms with Crippen molar-refractivity contribution in [2.75, 3.05) is 46.6 Å². The van der Waals surface area contributed by atoms with E-state index in [-0.39, 0.29) is 0 Å². The lowest BCUT2D eigenvalue weighted by Gasteiger charge is -2.14. The summed E-state index contributed by atoms with van der Waals surface area (Å²) >= 11 is 0. The third-order valence-corrected chi connectivity index (χ3v) is 4.93. The lowest BCUT2D eigenvalue weighted by Crippen LogP contribution is -2.40. The Balaban J connectivity index is 1.31. The number of hydrogen-bond donors (Lipinski definition) is 2. The molecule has 1 unspecified atom stereocenters. The lowest BCUT2D eigenvalue weighted by molar-refractivity contribution is 0.0168. The summed E-state index contributed by atoms with van der Waals surface area (Å²) in [7, 11) is 1.77. The van der Waals surface area contributed by atoms with Crippen molar-refractivity contribution in [2.24, 2.45) is 4.99 Å². The number of hydrogen-bond acceptors (Lipinski definition) is 4. The number of nitrogens with zero attached hydrogens (tertiary/aromatic N) is 1. The molecule has 1 heterocycles. The predicted octanol–water partition coefficient (Wildman–Crippen LogP) is 3.48. The molecule has 2 aromatic rings. The van der Waals surface area contributed by atoms with Gasteiger partial charge in [-0.25, -0.2) is 0 Å². The van der Waals surface area contributed by atoms with E-state index in [0.717, 1.165) is 61.9 Å². The van der Waals surface area contributed by atoms with E-state index >= 15 is 0 Å². The number of ether oxygens (including phenoxy) is 3. The molecule has 0 aliphatic carbocycles. The van der Waals surface area contributed by atoms with E-state index in [0.29, 0.717) is 25.9 Å². The number of para-hydroxylation sites is 1. The van der Waals surface area contributed by atoms with Crippen LogP contribution in [0.1, 0.15) is 19.3 Å². The summed E-state index contributed by atoms with van der Waals surface area (Å²) in [6.45, 7) is 4.33. The molecule has 0 aromatic heterocycles. The number of guanidine groups is 1. The van der Waals surface area contributed by atoms with Crippen molar-refractivity contribution in [3.8, 4) is 16.9 Å². The zero-order chi connectivity index (χ0) is 20.9. The molecule has 0 spiro atoms. The maximum absolute atomic E-state index is 6.02. The van der Waals surface area contributed by atoms with Gasteiger partial charge in [-0.1, -0.05) is 48.5 Å². The topological polar surface area (TPSA) is 64.1 Å². The summed E-state index contributed by atoms with van der Waals surface area (Å²) in [6.07, 6.45) is 3.49. The van der Waals surface area contributed by atoms with Crippen LogP contribution >= 0.6 is 0 Å². The first kappa shape index (κ1) is 22.1. The normalized spacial score (nSPS) is 16.4. The average Bonchev–Trinajstić information content (AvgIpc) is 3.32. The van der Waals surface area contributed by atoms with Gasteiger partial charge in [0.05, 0.1) is 19.3 Å². The van der Waals surface area contributed by atoms with Gasteiger partial charge in [0, 0.05) is 32.4 Å². The van der Waals surface area contributed by atoms with Gasteiger partial charge in [-0.2, -0.15) is 0 Å². The molecule has 0 radical (unpaired) electrons. The molecule has 1 aliphatic heterocycles. The monoisotopic (exact) mass is 411 g/mol. The van der Waals surface area contributed by atoms with Crippen LogP contribution in [0.2, 0.25) is 0 Å². The molecule has 1 saturated heterocycles. The van der Waals surface area contributed by atoms with Gasteiger partial charge in [-0.3, -0.25) is 4.99 Å². The summed E-state index contributed by atoms with van der Waals surface area (Å²) in [5.74, 6) is 1.66. The highest BCUT2D eigenvalue weighted by Gasteiger charge is 2.14. The Morgan fingerprint density at radius 2 is 1.83 bits per heavy atom. The molecule has 0 amide bonds. The second-order valence-electron chi connectivity index (χ2n) is 7.20. The van der Waals surface area contributed by atoms with E-state index < -0.39 is 0 Å². The molecule has 162 valence electrons. The van der Waals surface area contributed by atoms with Crippen LogP contribution < -0.4 is 15.4 Å². The molecule has 1 atom stereocenters. The van der Waals surface area contributed by atoms with Gasteiger partial charge in [-0.15, -0.1) is 0 Å². The summed E-state index contributed by atoms with van der Waals surface area (Å²) < 4.78 is 17.3. The summed E-state index contributed by atoms with van der Waals surface area (Å²) in [5.41, 5.74) is 2.25. The SMILES string of the molecule is CN=C(NCCCOCC1CCCO1)NCCOc1ccccc1-c1ccccc1. The Bertz CT molecular complexity index is 761. The minimum absolute atomic E-state index is 0.291. The van der Waals surface area contributed by atoms with Crippen LogP contribution in [0, 0.1) is 0 Å². The maximum atomic E-state index is 6.02. The zero-order valence-corrected chi connectivity index (χ0v) is 17.8. The number of nitrogens with one attached hydrogen (secondary N) is 2. The Morgan fingerprint density at radius 3 is 2.63 bits per heavy atom. The number of benzene rings is 2. The second kappa shape index (κ2) is 12.9. The quantitative estimate of drug-likeness (QED) is 0.337. The van der Waals surface area contributed by atoms with Crippen LogP contribution in [0.25, 0.3) is 11.1 Å². The predicted molar refractivity (Wildman–Crippen MR) is 121 cm³/mol. The van der Waals surface area contributed by atoms with Gasteiger partial charge in [-0.05, 0) is 30.9 Å². The first-order valence-electron chi connectivity index (χ1n) is 10.8. The Morgan fingerprint density at radius 1 is 1.03 bits per heavy atom. The molecule has 2 aromatic carbocycles. The van der Waals surface area contributed by atoms with Crippen molar-refractivity contribution in [3.05, 3.63) is 54.6 Å². The fourth-order valence-electron chi connectivity index (χ4n) is 3.37. The standard InChI is InChI=1S/C24H33N3O3/c1-25-24(26-14-8-16-28-19-21-11-7-17-29-21)27-15-18-30-23-13-6-5-12-22(23)20-9-3-2-4-10-20/h2-6,9-10,12-13,21H,7-8,11,14-19H2,1H3,(H2,25,26,27). The van der Waals surface area contributed by atoms with Gasteiger partial charge in [0.1, 0.15) is 12.4 Å². The van der Waals surface area contributed by atoms with Gasteiger partial charge in [0.15, 0.2) is 5.96 Å². The highest BCUT2D eigenvalue weighted by atomic mass is 16.5. The zero-order valence-electron chi connectivity index (χ0n) is 17.8. The van der Waals surface area contributed by atoms with Crippen LogP contribution in [-0.2, 0) is 9.47 Å². The minimum Gasteiger partial charge on any atom is -0.491 e. The van der Waals surface area contributed by atoms with Crippen LogP contribution in [0.4, 0.5) is 0 Å². The summed E-state index contributed by atoms with van der Waals surface area (Å²) in [4.78, 5) is 4.26. The van der Waals surface area contributed by atoms with E-state index in [4.69, 9.17) is 14.2 Å². The molecule has 6 nitrogen and oxygen atoms in total. The van der Waals surface area contributed by atoms with Crippen molar-refractivity contribution >= 4 is 5.96 Å². The van der Waals surface area contributed by atoms with E-state index in [1.165, 1.54) is 0 Å². The third kappa shape index (κ3) is 7.35. The molecular formula is C24H33N3O3. The molecule has 1 aliphatic rings. The van der Waals surface area contributed by atoms with Gasteiger partial charge < -0.3 is 24.8 Å². The van der Waals surface area contributed by atoms with E-state index in [1.54, 1.807) is 7.05 Å². The summed E-state index contributed by atoms with van der Waals surface area (Å²) in [6, 6.07) is 18.4. The first-order valence-corrected chi connectivity index (χ1v) is 10.8. The molecule has 0 saturated carbocycles. The molecular weight excluding hydrogens is 378 g/mol. The third-order valence-electron chi connectivity index (χ3n) is 4.93. The number of aliphatic imine (C=N–C) groups is 1. The van der Waals surface area contributed by atoms with Crippen LogP contribution in [0.15, 0.2) is 59.6 Å². The lowest BCUT2D eigenvalue weighted by atomic mass is 10.1. The fraction of sp³-hybridized carbons (Fsp3) is 0.458. The summed E-state index contributed by atoms with van der Waals surface area (Å²) in [5, 5.41) is 6.59. The Hall–Kier alpha value is -2.57. The molecule has 30 heavy (non-hydrogen) atoms. The minimum atomic E-state index is 0.291. The van der Waals surface area contributed by atoms with Crippen molar-refractivity contribution in [1.82, 2.24) is 10.6 Å². The van der Waals surface area contributed by atoms with Gasteiger partial charge >= 0.3 is 0 Å². The molecule has 6 heteroatoms. The van der Waals surface area contributed by atoms with Crippen molar-refractivity contribution in [1.29, 1.82) is 0 Å². The molecule has 3 rings (SSSR count). The van der Waals surface area contributed by atoms with Crippen molar-refractivity contribution in [2.45, 2.75) is 25.4 Å². The largest absolute Gasteiger partial charge is 0.491 e. The van der Waals surface area contributed by atoms with E-state index in [1.807, 2.05) is 36.4 Å². The Kier molecular flexibility index (Phi) is 9.50. The molecule has 0 bridgehead atoms. The highest BCUT2D eigenvalue weighted by Crippen LogP contribution is 2.29. The first-order chi connectivity index (χ1) is 14.9. The van der Waals surface area contributed by atoms with Crippen molar-refractivity contribution < 1.29 is 14.2 Å². The van der Waals surface area contributed by atoms with Gasteiger partial charge in [0.2, 0.25) is 0 Å². The molecule has 1 fully saturated rings. The van der Waals surface area contributed by atoms with Crippen LogP contribution in [0.3, 0.4) is 0 Å². The Labute approximate surface area is 179 Å². The van der Waals surface area contributed by atoms with Gasteiger partial charge in [0.25, 0.3) is 0 Å². The van der Waals surface area contributed by atoms with Crippen LogP contribution in [-0.4, -0.2) is 58.6 Å². The molecule has 2 N–H and O–H groups in total. The number of rotatable bonds is 11. The van der Waals surface area contributed by atoms with Crippen molar-refractivity contribution in [3.63, 3.8) is 0 Å². The second-order valence-corrected chi connectivity index (χ2v) is 7.20.